The molecule has 0 fully saturated rings. The van der Waals surface area contributed by atoms with Crippen LogP contribution in [0.25, 0.3) is 0 Å². The number of rotatable bonds is 6. The maximum absolute atomic E-state index is 14.0. The number of halogens is 4. The molecule has 9 nitrogen and oxygen atoms in total. The van der Waals surface area contributed by atoms with Crippen LogP contribution in [0, 0.1) is 10.1 Å². The predicted molar refractivity (Wildman–Crippen MR) is 137 cm³/mol. The number of nitro benzene ring substituents is 1. The third-order valence-electron chi connectivity index (χ3n) is 6.05. The monoisotopic (exact) mass is 557 g/mol. The second-order valence-electron chi connectivity index (χ2n) is 8.70. The number of nitro groups is 1. The van der Waals surface area contributed by atoms with Crippen LogP contribution >= 0.6 is 11.6 Å². The van der Waals surface area contributed by atoms with E-state index >= 15 is 0 Å². The molecule has 0 radical (unpaired) electrons. The Morgan fingerprint density at radius 2 is 1.74 bits per heavy atom. The molecule has 1 aliphatic heterocycles. The lowest BCUT2D eigenvalue weighted by Gasteiger charge is -2.33. The fraction of sp³-hybridized carbons (Fsp3) is 0.154. The van der Waals surface area contributed by atoms with Gasteiger partial charge in [0.15, 0.2) is 11.7 Å². The summed E-state index contributed by atoms with van der Waals surface area (Å²) < 4.78 is 48.4. The van der Waals surface area contributed by atoms with E-state index in [-0.39, 0.29) is 34.4 Å². The third kappa shape index (κ3) is 5.50. The van der Waals surface area contributed by atoms with E-state index in [1.807, 2.05) is 0 Å². The van der Waals surface area contributed by atoms with Gasteiger partial charge in [-0.1, -0.05) is 60.1 Å². The minimum Gasteiger partial charge on any atom is -0.457 e. The van der Waals surface area contributed by atoms with Crippen molar-refractivity contribution in [3.05, 3.63) is 105 Å². The zero-order valence-corrected chi connectivity index (χ0v) is 20.6. The summed E-state index contributed by atoms with van der Waals surface area (Å²) in [6.07, 6.45) is -5.04. The number of carbonyl (C=O) groups excluding carboxylic acids is 1. The first-order chi connectivity index (χ1) is 18.6. The molecule has 0 saturated carbocycles. The van der Waals surface area contributed by atoms with Gasteiger partial charge < -0.3 is 15.4 Å². The Morgan fingerprint density at radius 1 is 1.08 bits per heavy atom. The number of benzene rings is 3. The number of anilines is 2. The predicted octanol–water partition coefficient (Wildman–Crippen LogP) is 7.15. The molecule has 13 heteroatoms. The van der Waals surface area contributed by atoms with Gasteiger partial charge in [0, 0.05) is 18.6 Å². The van der Waals surface area contributed by atoms with E-state index in [1.54, 1.807) is 60.7 Å². The number of nitrogens with zero attached hydrogens (tertiary/aromatic N) is 3. The molecule has 4 aromatic rings. The number of alkyl halides is 3. The number of non-ortho nitro benzene ring substituents is 1. The van der Waals surface area contributed by atoms with Crippen LogP contribution in [-0.2, 0) is 0 Å². The molecule has 1 aliphatic rings. The quantitative estimate of drug-likeness (QED) is 0.192. The van der Waals surface area contributed by atoms with Gasteiger partial charge in [0.05, 0.1) is 22.7 Å². The molecule has 0 aliphatic carbocycles. The van der Waals surface area contributed by atoms with Crippen molar-refractivity contribution in [3.63, 3.8) is 0 Å². The highest BCUT2D eigenvalue weighted by atomic mass is 35.5. The second kappa shape index (κ2) is 10.3. The van der Waals surface area contributed by atoms with E-state index in [2.05, 4.69) is 15.7 Å². The van der Waals surface area contributed by atoms with Gasteiger partial charge in [-0.05, 0) is 17.7 Å². The highest BCUT2D eigenvalue weighted by molar-refractivity contribution is 6.36. The molecular weight excluding hydrogens is 539 g/mol. The zero-order valence-electron chi connectivity index (χ0n) is 19.9. The maximum Gasteiger partial charge on any atom is 0.410 e. The van der Waals surface area contributed by atoms with Crippen LogP contribution in [0.2, 0.25) is 5.02 Å². The van der Waals surface area contributed by atoms with Gasteiger partial charge >= 0.3 is 6.18 Å². The Labute approximate surface area is 224 Å². The van der Waals surface area contributed by atoms with Gasteiger partial charge in [0.25, 0.3) is 11.6 Å². The number of hydrogen-bond acceptors (Lipinski definition) is 6. The number of amides is 1. The third-order valence-corrected chi connectivity index (χ3v) is 6.41. The molecule has 0 spiro atoms. The number of carbonyl (C=O) groups is 1. The minimum absolute atomic E-state index is 0.0373. The van der Waals surface area contributed by atoms with Crippen LogP contribution < -0.4 is 15.4 Å². The average Bonchev–Trinajstić information content (AvgIpc) is 3.25. The fourth-order valence-corrected chi connectivity index (χ4v) is 4.54. The van der Waals surface area contributed by atoms with Crippen molar-refractivity contribution in [2.45, 2.75) is 24.7 Å². The fourth-order valence-electron chi connectivity index (χ4n) is 4.27. The summed E-state index contributed by atoms with van der Waals surface area (Å²) >= 11 is 6.38. The molecule has 5 rings (SSSR count). The Morgan fingerprint density at radius 3 is 2.38 bits per heavy atom. The lowest BCUT2D eigenvalue weighted by Crippen LogP contribution is -2.35. The van der Waals surface area contributed by atoms with Gasteiger partial charge in [-0.15, -0.1) is 0 Å². The van der Waals surface area contributed by atoms with E-state index in [0.29, 0.717) is 16.0 Å². The summed E-state index contributed by atoms with van der Waals surface area (Å²) in [4.78, 5) is 23.9. The van der Waals surface area contributed by atoms with Crippen LogP contribution in [0.3, 0.4) is 0 Å². The van der Waals surface area contributed by atoms with Gasteiger partial charge in [-0.25, -0.2) is 4.68 Å². The standard InChI is InChI=1S/C26H19ClF3N5O4/c27-22-23(33-34-21(26(28,29)30)14-20(32-24(22)34)15-7-3-1-4-8-15)25(36)31-16-11-17(35(37)38)13-19(12-16)39-18-9-5-2-6-10-18/h1-13,20-21,32H,14H2,(H,31,36)/t20-,21+/m0/s1. The van der Waals surface area contributed by atoms with Crippen molar-refractivity contribution < 1.29 is 27.6 Å². The van der Waals surface area contributed by atoms with E-state index in [4.69, 9.17) is 16.3 Å². The molecule has 200 valence electrons. The van der Waals surface area contributed by atoms with Crippen LogP contribution in [-0.4, -0.2) is 26.8 Å². The molecule has 1 amide bonds. The van der Waals surface area contributed by atoms with E-state index in [9.17, 15) is 28.1 Å². The second-order valence-corrected chi connectivity index (χ2v) is 9.08. The topological polar surface area (TPSA) is 111 Å². The van der Waals surface area contributed by atoms with E-state index in [1.165, 1.54) is 12.1 Å². The lowest BCUT2D eigenvalue weighted by molar-refractivity contribution is -0.384. The van der Waals surface area contributed by atoms with Gasteiger partial charge in [0.2, 0.25) is 0 Å². The minimum atomic E-state index is -4.67. The van der Waals surface area contributed by atoms with Crippen LogP contribution in [0.4, 0.5) is 30.4 Å². The number of fused-ring (bicyclic) bond motifs is 1. The maximum atomic E-state index is 14.0. The Hall–Kier alpha value is -4.58. The Bertz CT molecular complexity index is 1530. The van der Waals surface area contributed by atoms with Crippen LogP contribution in [0.15, 0.2) is 78.9 Å². The summed E-state index contributed by atoms with van der Waals surface area (Å²) in [5.74, 6) is -0.647. The van der Waals surface area contributed by atoms with Crippen molar-refractivity contribution in [2.75, 3.05) is 10.6 Å². The molecule has 3 aromatic carbocycles. The van der Waals surface area contributed by atoms with Gasteiger partial charge in [0.1, 0.15) is 22.3 Å². The number of ether oxygens (including phenoxy) is 1. The molecule has 2 N–H and O–H groups in total. The first kappa shape index (κ1) is 26.0. The molecule has 1 aromatic heterocycles. The lowest BCUT2D eigenvalue weighted by atomic mass is 9.97. The number of nitrogens with one attached hydrogen (secondary N) is 2. The molecule has 39 heavy (non-hydrogen) atoms. The van der Waals surface area contributed by atoms with Crippen LogP contribution in [0.1, 0.15) is 34.6 Å². The number of aromatic nitrogens is 2. The molecule has 0 saturated heterocycles. The molecule has 2 atom stereocenters. The smallest absolute Gasteiger partial charge is 0.410 e. The SMILES string of the molecule is O=C(Nc1cc(Oc2ccccc2)cc([N+](=O)[O-])c1)c1nn2c(c1Cl)N[C@H](c1ccccc1)C[C@@H]2C(F)(F)F. The molecule has 2 heterocycles. The van der Waals surface area contributed by atoms with Gasteiger partial charge in [-0.3, -0.25) is 14.9 Å². The summed E-state index contributed by atoms with van der Waals surface area (Å²) in [7, 11) is 0. The largest absolute Gasteiger partial charge is 0.457 e. The highest BCUT2D eigenvalue weighted by Gasteiger charge is 2.47. The molecule has 0 unspecified atom stereocenters. The first-order valence-corrected chi connectivity index (χ1v) is 12.0. The van der Waals surface area contributed by atoms with E-state index in [0.717, 1.165) is 6.07 Å². The Kier molecular flexibility index (Phi) is 6.87. The summed E-state index contributed by atoms with van der Waals surface area (Å²) in [6, 6.07) is 17.8. The normalized spacial score (nSPS) is 16.6. The average molecular weight is 558 g/mol. The van der Waals surface area contributed by atoms with Crippen molar-refractivity contribution in [1.82, 2.24) is 9.78 Å². The summed E-state index contributed by atoms with van der Waals surface area (Å²) in [6.45, 7) is 0. The number of para-hydroxylation sites is 1. The van der Waals surface area contributed by atoms with Crippen molar-refractivity contribution in [3.8, 4) is 11.5 Å². The summed E-state index contributed by atoms with van der Waals surface area (Å²) in [5, 5.41) is 20.4. The first-order valence-electron chi connectivity index (χ1n) is 11.6. The van der Waals surface area contributed by atoms with Gasteiger partial charge in [-0.2, -0.15) is 18.3 Å². The van der Waals surface area contributed by atoms with Crippen molar-refractivity contribution >= 4 is 34.7 Å². The zero-order chi connectivity index (χ0) is 27.7. The van der Waals surface area contributed by atoms with Crippen molar-refractivity contribution in [1.29, 1.82) is 0 Å². The Balaban J connectivity index is 1.46. The summed E-state index contributed by atoms with van der Waals surface area (Å²) in [5.41, 5.74) is -0.272. The van der Waals surface area contributed by atoms with Crippen molar-refractivity contribution in [2.24, 2.45) is 0 Å². The van der Waals surface area contributed by atoms with E-state index < -0.39 is 34.8 Å². The van der Waals surface area contributed by atoms with Crippen LogP contribution in [0.5, 0.6) is 11.5 Å². The molecular formula is C26H19ClF3N5O4. The molecule has 0 bridgehead atoms. The highest BCUT2D eigenvalue weighted by Crippen LogP contribution is 2.46. The number of hydrogen-bond donors (Lipinski definition) is 2.